The van der Waals surface area contributed by atoms with E-state index < -0.39 is 5.91 Å². The molecule has 8 heteroatoms. The highest BCUT2D eigenvalue weighted by Crippen LogP contribution is 2.35. The molecule has 29 heavy (non-hydrogen) atoms. The Bertz CT molecular complexity index is 1220. The lowest BCUT2D eigenvalue weighted by atomic mass is 10.0. The Hall–Kier alpha value is -3.45. The summed E-state index contributed by atoms with van der Waals surface area (Å²) in [6.45, 7) is 1.77. The van der Waals surface area contributed by atoms with Gasteiger partial charge in [0, 0.05) is 30.1 Å². The largest absolute Gasteiger partial charge is 0.482 e. The monoisotopic (exact) mass is 407 g/mol. The normalized spacial score (nSPS) is 11.0. The molecular weight excluding hydrogens is 390 g/mol. The molecule has 0 unspecified atom stereocenters. The van der Waals surface area contributed by atoms with Crippen molar-refractivity contribution < 1.29 is 9.53 Å². The highest BCUT2D eigenvalue weighted by atomic mass is 35.5. The highest BCUT2D eigenvalue weighted by Gasteiger charge is 2.17. The smallest absolute Gasteiger partial charge is 0.255 e. The Morgan fingerprint density at radius 1 is 1.21 bits per heavy atom. The van der Waals surface area contributed by atoms with Crippen molar-refractivity contribution >= 4 is 28.5 Å². The van der Waals surface area contributed by atoms with E-state index in [1.165, 1.54) is 0 Å². The van der Waals surface area contributed by atoms with E-state index >= 15 is 0 Å². The molecule has 4 aromatic rings. The Morgan fingerprint density at radius 3 is 2.72 bits per heavy atom. The first-order chi connectivity index (χ1) is 13.9. The Labute approximate surface area is 172 Å². The topological polar surface area (TPSA) is 95.9 Å². The Kier molecular flexibility index (Phi) is 4.90. The van der Waals surface area contributed by atoms with Crippen LogP contribution in [0.1, 0.15) is 5.69 Å². The molecule has 0 fully saturated rings. The standard InChI is InChI=1S/C21H18ClN5O2/c1-12-20-14(16-5-3-4-8-24-16)10-17(25-21(20)26-27(12)2)13-6-7-18(15(22)9-13)29-11-19(23)28/h3-10H,11H2,1-2H3,(H2,23,28). The van der Waals surface area contributed by atoms with Crippen LogP contribution in [0.4, 0.5) is 0 Å². The van der Waals surface area contributed by atoms with Gasteiger partial charge in [-0.05, 0) is 43.3 Å². The zero-order valence-electron chi connectivity index (χ0n) is 15.9. The van der Waals surface area contributed by atoms with E-state index in [4.69, 9.17) is 27.1 Å². The molecule has 1 amide bonds. The van der Waals surface area contributed by atoms with Crippen molar-refractivity contribution in [3.63, 3.8) is 0 Å². The average Bonchev–Trinajstić information content (AvgIpc) is 3.00. The van der Waals surface area contributed by atoms with Crippen LogP contribution in [0, 0.1) is 6.92 Å². The summed E-state index contributed by atoms with van der Waals surface area (Å²) in [6, 6.07) is 13.0. The number of aryl methyl sites for hydroxylation is 2. The fraction of sp³-hybridized carbons (Fsp3) is 0.143. The lowest BCUT2D eigenvalue weighted by Gasteiger charge is -2.10. The van der Waals surface area contributed by atoms with Gasteiger partial charge in [0.1, 0.15) is 5.75 Å². The number of amides is 1. The Balaban J connectivity index is 1.85. The summed E-state index contributed by atoms with van der Waals surface area (Å²) in [5.74, 6) is -0.184. The SMILES string of the molecule is Cc1c2c(-c3ccccn3)cc(-c3ccc(OCC(N)=O)c(Cl)c3)nc2nn1C. The first-order valence-electron chi connectivity index (χ1n) is 8.91. The van der Waals surface area contributed by atoms with Crippen molar-refractivity contribution in [2.45, 2.75) is 6.92 Å². The third-order valence-electron chi connectivity index (χ3n) is 4.63. The number of rotatable bonds is 5. The fourth-order valence-corrected chi connectivity index (χ4v) is 3.37. The van der Waals surface area contributed by atoms with Gasteiger partial charge in [0.2, 0.25) is 0 Å². The number of hydrogen-bond acceptors (Lipinski definition) is 5. The average molecular weight is 408 g/mol. The third kappa shape index (κ3) is 3.64. The molecule has 0 saturated heterocycles. The van der Waals surface area contributed by atoms with Crippen LogP contribution in [0.2, 0.25) is 5.02 Å². The van der Waals surface area contributed by atoms with Crippen molar-refractivity contribution in [3.05, 3.63) is 59.4 Å². The molecular formula is C21H18ClN5O2. The van der Waals surface area contributed by atoms with E-state index in [0.717, 1.165) is 27.9 Å². The van der Waals surface area contributed by atoms with Crippen molar-refractivity contribution in [2.75, 3.05) is 6.61 Å². The lowest BCUT2D eigenvalue weighted by molar-refractivity contribution is -0.119. The summed E-state index contributed by atoms with van der Waals surface area (Å²) in [5.41, 5.74) is 10.0. The van der Waals surface area contributed by atoms with Gasteiger partial charge < -0.3 is 10.5 Å². The summed E-state index contributed by atoms with van der Waals surface area (Å²) in [4.78, 5) is 20.2. The van der Waals surface area contributed by atoms with E-state index in [9.17, 15) is 4.79 Å². The quantitative estimate of drug-likeness (QED) is 0.546. The minimum atomic E-state index is -0.567. The van der Waals surface area contributed by atoms with Crippen molar-refractivity contribution in [2.24, 2.45) is 12.8 Å². The first-order valence-corrected chi connectivity index (χ1v) is 9.28. The molecule has 146 valence electrons. The first kappa shape index (κ1) is 18.9. The predicted molar refractivity (Wildman–Crippen MR) is 112 cm³/mol. The van der Waals surface area contributed by atoms with Gasteiger partial charge in [0.25, 0.3) is 5.91 Å². The molecule has 0 aliphatic heterocycles. The fourth-order valence-electron chi connectivity index (χ4n) is 3.14. The number of benzene rings is 1. The van der Waals surface area contributed by atoms with E-state index in [-0.39, 0.29) is 6.61 Å². The molecule has 4 rings (SSSR count). The van der Waals surface area contributed by atoms with Gasteiger partial charge >= 0.3 is 0 Å². The van der Waals surface area contributed by atoms with Gasteiger partial charge in [-0.1, -0.05) is 17.7 Å². The number of nitrogens with two attached hydrogens (primary N) is 1. The molecule has 0 atom stereocenters. The van der Waals surface area contributed by atoms with Gasteiger partial charge in [-0.15, -0.1) is 0 Å². The molecule has 0 radical (unpaired) electrons. The van der Waals surface area contributed by atoms with E-state index in [0.29, 0.717) is 22.1 Å². The second-order valence-electron chi connectivity index (χ2n) is 6.58. The van der Waals surface area contributed by atoms with Gasteiger partial charge in [0.15, 0.2) is 12.3 Å². The number of pyridine rings is 2. The van der Waals surface area contributed by atoms with Gasteiger partial charge in [-0.3, -0.25) is 14.5 Å². The van der Waals surface area contributed by atoms with Crippen molar-refractivity contribution in [1.29, 1.82) is 0 Å². The summed E-state index contributed by atoms with van der Waals surface area (Å²) >= 11 is 6.33. The Morgan fingerprint density at radius 2 is 2.03 bits per heavy atom. The number of halogens is 1. The molecule has 2 N–H and O–H groups in total. The van der Waals surface area contributed by atoms with Crippen LogP contribution >= 0.6 is 11.6 Å². The van der Waals surface area contributed by atoms with Gasteiger partial charge in [-0.2, -0.15) is 5.10 Å². The molecule has 0 saturated carbocycles. The number of fused-ring (bicyclic) bond motifs is 1. The molecule has 3 aromatic heterocycles. The van der Waals surface area contributed by atoms with Gasteiger partial charge in [-0.25, -0.2) is 4.98 Å². The zero-order valence-corrected chi connectivity index (χ0v) is 16.6. The van der Waals surface area contributed by atoms with E-state index in [1.807, 2.05) is 49.0 Å². The van der Waals surface area contributed by atoms with Crippen molar-refractivity contribution in [3.8, 4) is 28.3 Å². The van der Waals surface area contributed by atoms with E-state index in [1.54, 1.807) is 18.3 Å². The van der Waals surface area contributed by atoms with Crippen molar-refractivity contribution in [1.82, 2.24) is 19.7 Å². The molecule has 7 nitrogen and oxygen atoms in total. The summed E-state index contributed by atoms with van der Waals surface area (Å²) in [7, 11) is 1.89. The van der Waals surface area contributed by atoms with Crippen LogP contribution in [-0.2, 0) is 11.8 Å². The van der Waals surface area contributed by atoms with Crippen LogP contribution in [0.25, 0.3) is 33.5 Å². The molecule has 0 spiro atoms. The summed E-state index contributed by atoms with van der Waals surface area (Å²) in [6.07, 6.45) is 1.76. The number of carbonyl (C=O) groups excluding carboxylic acids is 1. The molecule has 0 aliphatic carbocycles. The highest BCUT2D eigenvalue weighted by molar-refractivity contribution is 6.32. The number of ether oxygens (including phenoxy) is 1. The van der Waals surface area contributed by atoms with E-state index in [2.05, 4.69) is 10.1 Å². The second-order valence-corrected chi connectivity index (χ2v) is 6.99. The number of primary amides is 1. The zero-order chi connectivity index (χ0) is 20.5. The third-order valence-corrected chi connectivity index (χ3v) is 4.93. The van der Waals surface area contributed by atoms with Crippen LogP contribution < -0.4 is 10.5 Å². The minimum Gasteiger partial charge on any atom is -0.482 e. The summed E-state index contributed by atoms with van der Waals surface area (Å²) < 4.78 is 7.13. The minimum absolute atomic E-state index is 0.236. The van der Waals surface area contributed by atoms with Crippen LogP contribution in [0.15, 0.2) is 48.7 Å². The number of hydrogen-bond donors (Lipinski definition) is 1. The van der Waals surface area contributed by atoms with Crippen LogP contribution in [-0.4, -0.2) is 32.3 Å². The number of carbonyl (C=O) groups is 1. The maximum atomic E-state index is 10.9. The number of nitrogens with zero attached hydrogens (tertiary/aromatic N) is 4. The molecule has 0 aliphatic rings. The second kappa shape index (κ2) is 7.52. The van der Waals surface area contributed by atoms with Gasteiger partial charge in [0.05, 0.1) is 21.8 Å². The van der Waals surface area contributed by atoms with Crippen LogP contribution in [0.5, 0.6) is 5.75 Å². The maximum absolute atomic E-state index is 10.9. The molecule has 1 aromatic carbocycles. The van der Waals surface area contributed by atoms with Crippen LogP contribution in [0.3, 0.4) is 0 Å². The number of aromatic nitrogens is 4. The lowest BCUT2D eigenvalue weighted by Crippen LogP contribution is -2.20. The maximum Gasteiger partial charge on any atom is 0.255 e. The molecule has 3 heterocycles. The summed E-state index contributed by atoms with van der Waals surface area (Å²) in [5, 5.41) is 5.87. The predicted octanol–water partition coefficient (Wildman–Crippen LogP) is 3.52. The molecule has 0 bridgehead atoms.